The first-order valence-electron chi connectivity index (χ1n) is 6.99. The van der Waals surface area contributed by atoms with Gasteiger partial charge in [0.1, 0.15) is 11.5 Å². The van der Waals surface area contributed by atoms with Gasteiger partial charge in [-0.3, -0.25) is 14.9 Å². The average molecular weight is 350 g/mol. The zero-order valence-corrected chi connectivity index (χ0v) is 12.4. The Kier molecular flexibility index (Phi) is 4.22. The summed E-state index contributed by atoms with van der Waals surface area (Å²) in [7, 11) is 0. The third-order valence-electron chi connectivity index (χ3n) is 3.35. The van der Waals surface area contributed by atoms with Gasteiger partial charge < -0.3 is 5.32 Å². The second-order valence-electron chi connectivity index (χ2n) is 5.02. The number of carbonyl (C=O) groups is 1. The highest BCUT2D eigenvalue weighted by atomic mass is 19.4. The van der Waals surface area contributed by atoms with Crippen LogP contribution in [0.1, 0.15) is 15.9 Å². The first kappa shape index (κ1) is 16.6. The summed E-state index contributed by atoms with van der Waals surface area (Å²) < 4.78 is 51.3. The number of amides is 1. The summed E-state index contributed by atoms with van der Waals surface area (Å²) in [6, 6.07) is 7.10. The number of halogens is 4. The third kappa shape index (κ3) is 3.49. The highest BCUT2D eigenvalue weighted by Crippen LogP contribution is 2.32. The van der Waals surface area contributed by atoms with Crippen molar-refractivity contribution in [3.63, 3.8) is 0 Å². The molecule has 0 aliphatic carbocycles. The van der Waals surface area contributed by atoms with Crippen LogP contribution in [0.4, 0.5) is 23.2 Å². The lowest BCUT2D eigenvalue weighted by molar-refractivity contribution is -0.140. The van der Waals surface area contributed by atoms with E-state index in [1.54, 1.807) is 24.4 Å². The number of nitrogens with zero attached hydrogens (tertiary/aromatic N) is 2. The number of benzene rings is 1. The smallest absolute Gasteiger partial charge is 0.319 e. The zero-order valence-electron chi connectivity index (χ0n) is 12.4. The van der Waals surface area contributed by atoms with Gasteiger partial charge in [0.05, 0.1) is 23.1 Å². The summed E-state index contributed by atoms with van der Waals surface area (Å²) in [5.74, 6) is -2.29. The lowest BCUT2D eigenvalue weighted by Crippen LogP contribution is -2.14. The van der Waals surface area contributed by atoms with Gasteiger partial charge in [0.25, 0.3) is 5.91 Å². The average Bonchev–Trinajstić information content (AvgIpc) is 3.02. The molecule has 0 unspecified atom stereocenters. The van der Waals surface area contributed by atoms with Gasteiger partial charge in [-0.05, 0) is 30.3 Å². The van der Waals surface area contributed by atoms with E-state index in [9.17, 15) is 22.4 Å². The van der Waals surface area contributed by atoms with E-state index < -0.39 is 23.5 Å². The topological polar surface area (TPSA) is 70.7 Å². The van der Waals surface area contributed by atoms with Gasteiger partial charge in [-0.25, -0.2) is 4.39 Å². The van der Waals surface area contributed by atoms with Crippen molar-refractivity contribution >= 4 is 11.6 Å². The molecule has 0 fully saturated rings. The highest BCUT2D eigenvalue weighted by molar-refractivity contribution is 6.05. The van der Waals surface area contributed by atoms with Crippen LogP contribution < -0.4 is 5.32 Å². The number of aromatic amines is 1. The molecule has 0 saturated carbocycles. The number of hydrogen-bond donors (Lipinski definition) is 2. The van der Waals surface area contributed by atoms with Crippen molar-refractivity contribution in [2.75, 3.05) is 5.32 Å². The van der Waals surface area contributed by atoms with Gasteiger partial charge in [0.2, 0.25) is 0 Å². The summed E-state index contributed by atoms with van der Waals surface area (Å²) in [6.07, 6.45) is -1.95. The van der Waals surface area contributed by atoms with E-state index in [1.807, 2.05) is 0 Å². The number of pyridine rings is 1. The number of carbonyl (C=O) groups excluding carboxylic acids is 1. The largest absolute Gasteiger partial charge is 0.419 e. The molecule has 2 heterocycles. The van der Waals surface area contributed by atoms with Crippen molar-refractivity contribution < 1.29 is 22.4 Å². The van der Waals surface area contributed by atoms with Crippen molar-refractivity contribution in [1.29, 1.82) is 0 Å². The molecule has 9 heteroatoms. The number of anilines is 1. The van der Waals surface area contributed by atoms with Crippen molar-refractivity contribution in [3.8, 4) is 11.4 Å². The third-order valence-corrected chi connectivity index (χ3v) is 3.35. The molecule has 1 amide bonds. The Morgan fingerprint density at radius 3 is 2.60 bits per heavy atom. The Morgan fingerprint density at radius 1 is 1.16 bits per heavy atom. The molecule has 2 N–H and O–H groups in total. The number of aromatic nitrogens is 3. The molecule has 0 radical (unpaired) electrons. The Balaban J connectivity index is 1.85. The van der Waals surface area contributed by atoms with E-state index in [-0.39, 0.29) is 11.3 Å². The molecule has 25 heavy (non-hydrogen) atoms. The molecule has 5 nitrogen and oxygen atoms in total. The monoisotopic (exact) mass is 350 g/mol. The number of rotatable bonds is 3. The first-order valence-corrected chi connectivity index (χ1v) is 6.99. The maximum absolute atomic E-state index is 13.6. The molecule has 3 aromatic rings. The van der Waals surface area contributed by atoms with Gasteiger partial charge in [0, 0.05) is 11.8 Å². The number of H-pyrrole nitrogens is 1. The van der Waals surface area contributed by atoms with E-state index in [2.05, 4.69) is 20.5 Å². The standard InChI is InChI=1S/C16H10F4N4O/c17-11-7-9(4-5-10(11)16(18,19)20)15(25)23-13-8-22-24-14(13)12-3-1-2-6-21-12/h1-8H,(H,22,24)(H,23,25). The first-order chi connectivity index (χ1) is 11.9. The van der Waals surface area contributed by atoms with Gasteiger partial charge >= 0.3 is 6.18 Å². The second-order valence-corrected chi connectivity index (χ2v) is 5.02. The summed E-state index contributed by atoms with van der Waals surface area (Å²) >= 11 is 0. The molecule has 0 saturated heterocycles. The quantitative estimate of drug-likeness (QED) is 0.704. The summed E-state index contributed by atoms with van der Waals surface area (Å²) in [4.78, 5) is 16.3. The van der Waals surface area contributed by atoms with Crippen molar-refractivity contribution in [1.82, 2.24) is 15.2 Å². The minimum atomic E-state index is -4.82. The zero-order chi connectivity index (χ0) is 18.0. The summed E-state index contributed by atoms with van der Waals surface area (Å²) in [5.41, 5.74) is -0.487. The van der Waals surface area contributed by atoms with Crippen LogP contribution in [0.25, 0.3) is 11.4 Å². The van der Waals surface area contributed by atoms with Crippen LogP contribution in [0.2, 0.25) is 0 Å². The second kappa shape index (κ2) is 6.34. The SMILES string of the molecule is O=C(Nc1cn[nH]c1-c1ccccn1)c1ccc(C(F)(F)F)c(F)c1. The fourth-order valence-corrected chi connectivity index (χ4v) is 2.17. The van der Waals surface area contributed by atoms with Crippen LogP contribution in [-0.2, 0) is 6.18 Å². The predicted octanol–water partition coefficient (Wildman–Crippen LogP) is 3.88. The molecule has 128 valence electrons. The van der Waals surface area contributed by atoms with Crippen LogP contribution in [0.5, 0.6) is 0 Å². The summed E-state index contributed by atoms with van der Waals surface area (Å²) in [6.45, 7) is 0. The molecule has 2 aromatic heterocycles. The maximum Gasteiger partial charge on any atom is 0.419 e. The van der Waals surface area contributed by atoms with Gasteiger partial charge in [-0.15, -0.1) is 0 Å². The van der Waals surface area contributed by atoms with Crippen LogP contribution in [-0.4, -0.2) is 21.1 Å². The Hall–Kier alpha value is -3.23. The van der Waals surface area contributed by atoms with Crippen LogP contribution in [0.3, 0.4) is 0 Å². The van der Waals surface area contributed by atoms with Gasteiger partial charge in [-0.2, -0.15) is 18.3 Å². The Labute approximate surface area is 138 Å². The molecule has 0 spiro atoms. The summed E-state index contributed by atoms with van der Waals surface area (Å²) in [5, 5.41) is 8.95. The van der Waals surface area contributed by atoms with Gasteiger partial charge in [-0.1, -0.05) is 6.07 Å². The van der Waals surface area contributed by atoms with Crippen molar-refractivity contribution in [2.24, 2.45) is 0 Å². The van der Waals surface area contributed by atoms with Crippen LogP contribution in [0, 0.1) is 5.82 Å². The molecule has 0 aliphatic heterocycles. The normalized spacial score (nSPS) is 11.4. The van der Waals surface area contributed by atoms with Crippen LogP contribution >= 0.6 is 0 Å². The molecule has 1 aromatic carbocycles. The minimum absolute atomic E-state index is 0.251. The van der Waals surface area contributed by atoms with Gasteiger partial charge in [0.15, 0.2) is 0 Å². The molecule has 0 aliphatic rings. The lowest BCUT2D eigenvalue weighted by atomic mass is 10.1. The van der Waals surface area contributed by atoms with Crippen molar-refractivity contribution in [3.05, 3.63) is 65.7 Å². The Morgan fingerprint density at radius 2 is 1.96 bits per heavy atom. The molecule has 3 rings (SSSR count). The fraction of sp³-hybridized carbons (Fsp3) is 0.0625. The lowest BCUT2D eigenvalue weighted by Gasteiger charge is -2.10. The number of nitrogens with one attached hydrogen (secondary N) is 2. The fourth-order valence-electron chi connectivity index (χ4n) is 2.17. The maximum atomic E-state index is 13.6. The molecule has 0 atom stereocenters. The van der Waals surface area contributed by atoms with E-state index in [1.165, 1.54) is 6.20 Å². The van der Waals surface area contributed by atoms with E-state index in [0.29, 0.717) is 23.5 Å². The highest BCUT2D eigenvalue weighted by Gasteiger charge is 2.34. The van der Waals surface area contributed by atoms with E-state index >= 15 is 0 Å². The van der Waals surface area contributed by atoms with Crippen molar-refractivity contribution in [2.45, 2.75) is 6.18 Å². The molecule has 0 bridgehead atoms. The van der Waals surface area contributed by atoms with E-state index in [4.69, 9.17) is 0 Å². The molecular formula is C16H10F4N4O. The number of hydrogen-bond acceptors (Lipinski definition) is 3. The predicted molar refractivity (Wildman–Crippen MR) is 81.2 cm³/mol. The number of alkyl halides is 3. The van der Waals surface area contributed by atoms with Crippen LogP contribution in [0.15, 0.2) is 48.8 Å². The minimum Gasteiger partial charge on any atom is -0.319 e. The van der Waals surface area contributed by atoms with E-state index in [0.717, 1.165) is 6.07 Å². The Bertz CT molecular complexity index is 906. The molecular weight excluding hydrogens is 340 g/mol.